The summed E-state index contributed by atoms with van der Waals surface area (Å²) in [4.78, 5) is 0. The Hall–Kier alpha value is -1.66. The number of hydrogen-bond donors (Lipinski definition) is 3. The number of nitrogens with one attached hydrogen (secondary N) is 1. The van der Waals surface area contributed by atoms with Gasteiger partial charge in [-0.1, -0.05) is 6.07 Å². The van der Waals surface area contributed by atoms with Crippen molar-refractivity contribution in [2.75, 3.05) is 6.54 Å². The molecule has 0 amide bonds. The molecular formula is C11H13NO2. The third kappa shape index (κ3) is 3.00. The summed E-state index contributed by atoms with van der Waals surface area (Å²) in [5, 5.41) is 21.4. The molecule has 0 aliphatic carbocycles. The van der Waals surface area contributed by atoms with E-state index < -0.39 is 0 Å². The molecule has 3 N–H and O–H groups in total. The second-order valence-corrected chi connectivity index (χ2v) is 2.95. The Kier molecular flexibility index (Phi) is 3.84. The summed E-state index contributed by atoms with van der Waals surface area (Å²) in [6.45, 7) is 1.38. The van der Waals surface area contributed by atoms with E-state index in [0.29, 0.717) is 13.0 Å². The minimum absolute atomic E-state index is 0.0961. The van der Waals surface area contributed by atoms with Crippen LogP contribution >= 0.6 is 0 Å². The monoisotopic (exact) mass is 191 g/mol. The molecule has 0 heterocycles. The second kappa shape index (κ2) is 5.15. The second-order valence-electron chi connectivity index (χ2n) is 2.95. The van der Waals surface area contributed by atoms with Gasteiger partial charge in [0.15, 0.2) is 11.5 Å². The van der Waals surface area contributed by atoms with Crippen molar-refractivity contribution in [2.24, 2.45) is 0 Å². The van der Waals surface area contributed by atoms with Gasteiger partial charge >= 0.3 is 0 Å². The Morgan fingerprint density at radius 1 is 1.29 bits per heavy atom. The van der Waals surface area contributed by atoms with E-state index in [-0.39, 0.29) is 11.5 Å². The molecule has 0 saturated heterocycles. The summed E-state index contributed by atoms with van der Waals surface area (Å²) in [6.07, 6.45) is 5.77. The Labute approximate surface area is 83.4 Å². The SMILES string of the molecule is C#CCCNCc1ccc(O)c(O)c1. The highest BCUT2D eigenvalue weighted by Gasteiger charge is 1.99. The van der Waals surface area contributed by atoms with Gasteiger partial charge in [0.25, 0.3) is 0 Å². The molecule has 1 aromatic rings. The summed E-state index contributed by atoms with van der Waals surface area (Å²) < 4.78 is 0. The van der Waals surface area contributed by atoms with E-state index in [2.05, 4.69) is 11.2 Å². The standard InChI is InChI=1S/C11H13NO2/c1-2-3-6-12-8-9-4-5-10(13)11(14)7-9/h1,4-5,7,12-14H,3,6,8H2. The molecule has 74 valence electrons. The number of benzene rings is 1. The molecule has 0 saturated carbocycles. The molecule has 0 unspecified atom stereocenters. The fourth-order valence-electron chi connectivity index (χ4n) is 1.07. The number of phenolic OH excluding ortho intramolecular Hbond substituents is 2. The van der Waals surface area contributed by atoms with Crippen molar-refractivity contribution in [2.45, 2.75) is 13.0 Å². The van der Waals surface area contributed by atoms with Crippen molar-refractivity contribution >= 4 is 0 Å². The first-order valence-electron chi connectivity index (χ1n) is 4.39. The van der Waals surface area contributed by atoms with E-state index >= 15 is 0 Å². The van der Waals surface area contributed by atoms with Crippen LogP contribution in [0.2, 0.25) is 0 Å². The van der Waals surface area contributed by atoms with Gasteiger partial charge in [-0.25, -0.2) is 0 Å². The maximum atomic E-state index is 9.19. The van der Waals surface area contributed by atoms with Gasteiger partial charge in [0, 0.05) is 19.5 Å². The van der Waals surface area contributed by atoms with Crippen molar-refractivity contribution < 1.29 is 10.2 Å². The molecule has 1 rings (SSSR count). The largest absolute Gasteiger partial charge is 0.504 e. The van der Waals surface area contributed by atoms with Crippen molar-refractivity contribution in [1.82, 2.24) is 5.32 Å². The molecule has 0 bridgehead atoms. The summed E-state index contributed by atoms with van der Waals surface area (Å²) in [7, 11) is 0. The van der Waals surface area contributed by atoms with Crippen LogP contribution in [-0.4, -0.2) is 16.8 Å². The Morgan fingerprint density at radius 2 is 2.07 bits per heavy atom. The normalized spacial score (nSPS) is 9.64. The molecule has 3 nitrogen and oxygen atoms in total. The predicted octanol–water partition coefficient (Wildman–Crippen LogP) is 1.21. The number of aromatic hydroxyl groups is 2. The van der Waals surface area contributed by atoms with Gasteiger partial charge in [0.05, 0.1) is 0 Å². The summed E-state index contributed by atoms with van der Waals surface area (Å²) in [5.41, 5.74) is 0.914. The number of terminal acetylenes is 1. The quantitative estimate of drug-likeness (QED) is 0.381. The van der Waals surface area contributed by atoms with Gasteiger partial charge in [0.1, 0.15) is 0 Å². The molecule has 0 aliphatic rings. The molecule has 0 aromatic heterocycles. The van der Waals surface area contributed by atoms with Crippen molar-refractivity contribution in [1.29, 1.82) is 0 Å². The third-order valence-corrected chi connectivity index (χ3v) is 1.82. The average Bonchev–Trinajstić information content (AvgIpc) is 2.18. The first-order chi connectivity index (χ1) is 6.74. The van der Waals surface area contributed by atoms with Crippen molar-refractivity contribution in [3.8, 4) is 23.8 Å². The number of rotatable bonds is 4. The molecule has 14 heavy (non-hydrogen) atoms. The van der Waals surface area contributed by atoms with E-state index in [1.54, 1.807) is 6.07 Å². The van der Waals surface area contributed by atoms with Crippen LogP contribution in [0.25, 0.3) is 0 Å². The van der Waals surface area contributed by atoms with Crippen LogP contribution < -0.4 is 5.32 Å². The lowest BCUT2D eigenvalue weighted by atomic mass is 10.2. The zero-order valence-corrected chi connectivity index (χ0v) is 7.83. The van der Waals surface area contributed by atoms with Crippen molar-refractivity contribution in [3.05, 3.63) is 23.8 Å². The summed E-state index contributed by atoms with van der Waals surface area (Å²) in [6, 6.07) is 4.74. The van der Waals surface area contributed by atoms with Crippen LogP contribution in [0.3, 0.4) is 0 Å². The lowest BCUT2D eigenvalue weighted by molar-refractivity contribution is 0.403. The minimum Gasteiger partial charge on any atom is -0.504 e. The Balaban J connectivity index is 2.44. The topological polar surface area (TPSA) is 52.5 Å². The zero-order chi connectivity index (χ0) is 10.4. The third-order valence-electron chi connectivity index (χ3n) is 1.82. The lowest BCUT2D eigenvalue weighted by Gasteiger charge is -2.04. The highest BCUT2D eigenvalue weighted by Crippen LogP contribution is 2.24. The fraction of sp³-hybridized carbons (Fsp3) is 0.273. The van der Waals surface area contributed by atoms with Crippen LogP contribution in [0.5, 0.6) is 11.5 Å². The van der Waals surface area contributed by atoms with E-state index in [0.717, 1.165) is 12.1 Å². The van der Waals surface area contributed by atoms with E-state index in [1.165, 1.54) is 12.1 Å². The lowest BCUT2D eigenvalue weighted by Crippen LogP contribution is -2.13. The van der Waals surface area contributed by atoms with Crippen molar-refractivity contribution in [3.63, 3.8) is 0 Å². The Morgan fingerprint density at radius 3 is 2.71 bits per heavy atom. The smallest absolute Gasteiger partial charge is 0.157 e. The molecule has 1 aromatic carbocycles. The van der Waals surface area contributed by atoms with Gasteiger partial charge in [0.2, 0.25) is 0 Å². The first-order valence-corrected chi connectivity index (χ1v) is 4.39. The van der Waals surface area contributed by atoms with Crippen LogP contribution in [0, 0.1) is 12.3 Å². The summed E-state index contributed by atoms with van der Waals surface area (Å²) >= 11 is 0. The molecule has 0 radical (unpaired) electrons. The molecule has 0 aliphatic heterocycles. The molecule has 0 spiro atoms. The van der Waals surface area contributed by atoms with Crippen LogP contribution in [0.1, 0.15) is 12.0 Å². The average molecular weight is 191 g/mol. The maximum Gasteiger partial charge on any atom is 0.157 e. The Bertz CT molecular complexity index is 342. The highest BCUT2D eigenvalue weighted by molar-refractivity contribution is 5.40. The summed E-state index contributed by atoms with van der Waals surface area (Å²) in [5.74, 6) is 2.33. The zero-order valence-electron chi connectivity index (χ0n) is 7.83. The van der Waals surface area contributed by atoms with Crippen LogP contribution in [0.4, 0.5) is 0 Å². The van der Waals surface area contributed by atoms with Gasteiger partial charge in [-0.05, 0) is 17.7 Å². The van der Waals surface area contributed by atoms with Crippen LogP contribution in [0.15, 0.2) is 18.2 Å². The minimum atomic E-state index is -0.0997. The molecular weight excluding hydrogens is 178 g/mol. The highest BCUT2D eigenvalue weighted by atomic mass is 16.3. The van der Waals surface area contributed by atoms with E-state index in [9.17, 15) is 5.11 Å². The number of hydrogen-bond acceptors (Lipinski definition) is 3. The maximum absolute atomic E-state index is 9.19. The molecule has 0 fully saturated rings. The molecule has 0 atom stereocenters. The molecule has 3 heteroatoms. The first kappa shape index (κ1) is 10.4. The van der Waals surface area contributed by atoms with Crippen LogP contribution in [-0.2, 0) is 6.54 Å². The van der Waals surface area contributed by atoms with Gasteiger partial charge in [-0.15, -0.1) is 12.3 Å². The van der Waals surface area contributed by atoms with Gasteiger partial charge in [-0.3, -0.25) is 0 Å². The number of phenols is 2. The fourth-order valence-corrected chi connectivity index (χ4v) is 1.07. The van der Waals surface area contributed by atoms with E-state index in [4.69, 9.17) is 11.5 Å². The van der Waals surface area contributed by atoms with Gasteiger partial charge < -0.3 is 15.5 Å². The van der Waals surface area contributed by atoms with E-state index in [1.807, 2.05) is 0 Å². The van der Waals surface area contributed by atoms with Gasteiger partial charge in [-0.2, -0.15) is 0 Å². The predicted molar refractivity (Wildman–Crippen MR) is 54.9 cm³/mol.